The average Bonchev–Trinajstić information content (AvgIpc) is 3.14. The Morgan fingerprint density at radius 1 is 1.07 bits per heavy atom. The van der Waals surface area contributed by atoms with E-state index in [-0.39, 0.29) is 11.6 Å². The van der Waals surface area contributed by atoms with Crippen molar-refractivity contribution in [1.29, 1.82) is 0 Å². The van der Waals surface area contributed by atoms with Crippen LogP contribution in [0.2, 0.25) is 5.02 Å². The molecule has 0 atom stereocenters. The first kappa shape index (κ1) is 19.0. The summed E-state index contributed by atoms with van der Waals surface area (Å²) >= 11 is 7.46. The number of thioether (sulfide) groups is 1. The smallest absolute Gasteiger partial charge is 0.269 e. The van der Waals surface area contributed by atoms with Crippen LogP contribution in [0.15, 0.2) is 65.7 Å². The Morgan fingerprint density at radius 3 is 2.41 bits per heavy atom. The highest BCUT2D eigenvalue weighted by atomic mass is 35.5. The van der Waals surface area contributed by atoms with Crippen LogP contribution in [0.3, 0.4) is 0 Å². The van der Waals surface area contributed by atoms with Crippen LogP contribution >= 0.6 is 23.4 Å². The van der Waals surface area contributed by atoms with Crippen LogP contribution in [0, 0.1) is 0 Å². The lowest BCUT2D eigenvalue weighted by atomic mass is 10.2. The molecule has 8 heteroatoms. The van der Waals surface area contributed by atoms with Crippen molar-refractivity contribution in [1.82, 2.24) is 9.78 Å². The Hall–Kier alpha value is -2.77. The molecule has 0 spiro atoms. The predicted octanol–water partition coefficient (Wildman–Crippen LogP) is 3.75. The van der Waals surface area contributed by atoms with Crippen molar-refractivity contribution in [3.8, 4) is 5.69 Å². The number of nitrogens with two attached hydrogens (primary N) is 1. The molecule has 1 aromatic heterocycles. The van der Waals surface area contributed by atoms with Gasteiger partial charge in [0.1, 0.15) is 5.69 Å². The fourth-order valence-electron chi connectivity index (χ4n) is 2.31. The van der Waals surface area contributed by atoms with E-state index in [9.17, 15) is 9.59 Å². The molecule has 0 saturated carbocycles. The maximum absolute atomic E-state index is 12.1. The second-order valence-electron chi connectivity index (χ2n) is 5.66. The van der Waals surface area contributed by atoms with Gasteiger partial charge in [-0.1, -0.05) is 11.6 Å². The summed E-state index contributed by atoms with van der Waals surface area (Å²) in [5, 5.41) is 7.65. The Bertz CT molecular complexity index is 939. The van der Waals surface area contributed by atoms with Crippen molar-refractivity contribution in [2.75, 3.05) is 11.1 Å². The number of anilines is 1. The molecule has 0 fully saturated rings. The van der Waals surface area contributed by atoms with Crippen LogP contribution in [-0.4, -0.2) is 27.3 Å². The van der Waals surface area contributed by atoms with Gasteiger partial charge < -0.3 is 11.1 Å². The molecule has 3 N–H and O–H groups in total. The van der Waals surface area contributed by atoms with Gasteiger partial charge in [0.05, 0.1) is 5.69 Å². The van der Waals surface area contributed by atoms with Gasteiger partial charge in [-0.2, -0.15) is 5.10 Å². The van der Waals surface area contributed by atoms with Crippen LogP contribution in [0.1, 0.15) is 16.9 Å². The Balaban J connectivity index is 1.50. The first-order chi connectivity index (χ1) is 13.0. The number of carbonyl (C=O) groups is 2. The van der Waals surface area contributed by atoms with Crippen LogP contribution in [0.25, 0.3) is 5.69 Å². The third kappa shape index (κ3) is 5.35. The first-order valence-electron chi connectivity index (χ1n) is 8.15. The Morgan fingerprint density at radius 2 is 1.78 bits per heavy atom. The molecular formula is C19H17ClN4O2S. The van der Waals surface area contributed by atoms with E-state index in [1.807, 2.05) is 24.3 Å². The van der Waals surface area contributed by atoms with Crippen LogP contribution < -0.4 is 11.1 Å². The number of aromatic nitrogens is 2. The molecule has 3 aromatic rings. The topological polar surface area (TPSA) is 90.0 Å². The fraction of sp³-hybridized carbons (Fsp3) is 0.105. The monoisotopic (exact) mass is 400 g/mol. The van der Waals surface area contributed by atoms with E-state index in [2.05, 4.69) is 10.4 Å². The lowest BCUT2D eigenvalue weighted by molar-refractivity contribution is -0.115. The molecule has 2 amide bonds. The summed E-state index contributed by atoms with van der Waals surface area (Å²) in [4.78, 5) is 24.3. The third-order valence-electron chi connectivity index (χ3n) is 3.67. The third-order valence-corrected chi connectivity index (χ3v) is 4.93. The Labute approximate surface area is 165 Å². The number of benzene rings is 2. The van der Waals surface area contributed by atoms with Gasteiger partial charge in [-0.3, -0.25) is 9.59 Å². The summed E-state index contributed by atoms with van der Waals surface area (Å²) in [6.07, 6.45) is 2.05. The van der Waals surface area contributed by atoms with Crippen LogP contribution in [0.5, 0.6) is 0 Å². The number of primary amides is 1. The van der Waals surface area contributed by atoms with Crippen molar-refractivity contribution in [2.24, 2.45) is 5.73 Å². The number of halogens is 1. The molecule has 2 aromatic carbocycles. The number of amides is 2. The number of carbonyl (C=O) groups excluding carboxylic acids is 2. The van der Waals surface area contributed by atoms with Crippen LogP contribution in [-0.2, 0) is 4.79 Å². The predicted molar refractivity (Wildman–Crippen MR) is 108 cm³/mol. The summed E-state index contributed by atoms with van der Waals surface area (Å²) < 4.78 is 1.55. The molecule has 3 rings (SSSR count). The van der Waals surface area contributed by atoms with E-state index in [0.717, 1.165) is 10.6 Å². The van der Waals surface area contributed by atoms with Crippen molar-refractivity contribution in [3.63, 3.8) is 0 Å². The van der Waals surface area contributed by atoms with E-state index in [4.69, 9.17) is 17.3 Å². The van der Waals surface area contributed by atoms with Gasteiger partial charge in [0.2, 0.25) is 5.91 Å². The molecule has 0 aliphatic carbocycles. The highest BCUT2D eigenvalue weighted by Crippen LogP contribution is 2.21. The molecular weight excluding hydrogens is 384 g/mol. The average molecular weight is 401 g/mol. The van der Waals surface area contributed by atoms with Gasteiger partial charge in [-0.05, 0) is 54.6 Å². The van der Waals surface area contributed by atoms with E-state index >= 15 is 0 Å². The maximum Gasteiger partial charge on any atom is 0.269 e. The minimum atomic E-state index is -0.575. The molecule has 0 unspecified atom stereocenters. The molecule has 138 valence electrons. The van der Waals surface area contributed by atoms with Gasteiger partial charge in [0, 0.05) is 34.0 Å². The number of nitrogens with zero attached hydrogens (tertiary/aromatic N) is 2. The molecule has 6 nitrogen and oxygen atoms in total. The first-order valence-corrected chi connectivity index (χ1v) is 9.52. The molecule has 0 bridgehead atoms. The van der Waals surface area contributed by atoms with Crippen molar-refractivity contribution in [3.05, 3.63) is 71.5 Å². The minimum Gasteiger partial charge on any atom is -0.364 e. The summed E-state index contributed by atoms with van der Waals surface area (Å²) in [6.45, 7) is 0. The van der Waals surface area contributed by atoms with Crippen molar-refractivity contribution in [2.45, 2.75) is 11.3 Å². The highest BCUT2D eigenvalue weighted by molar-refractivity contribution is 7.99. The van der Waals surface area contributed by atoms with Crippen molar-refractivity contribution >= 4 is 40.9 Å². The lowest BCUT2D eigenvalue weighted by Crippen LogP contribution is -2.12. The number of rotatable bonds is 7. The molecule has 0 aliphatic heterocycles. The minimum absolute atomic E-state index is 0.0562. The van der Waals surface area contributed by atoms with Gasteiger partial charge >= 0.3 is 0 Å². The SMILES string of the molecule is NC(=O)c1ccn(-c2ccc(NC(=O)CCSc3ccc(Cl)cc3)cc2)n1. The van der Waals surface area contributed by atoms with E-state index < -0.39 is 5.91 Å². The second kappa shape index (κ2) is 8.75. The van der Waals surface area contributed by atoms with Gasteiger partial charge in [-0.25, -0.2) is 4.68 Å². The summed E-state index contributed by atoms with van der Waals surface area (Å²) in [6, 6.07) is 16.2. The number of nitrogens with one attached hydrogen (secondary N) is 1. The highest BCUT2D eigenvalue weighted by Gasteiger charge is 2.07. The summed E-state index contributed by atoms with van der Waals surface area (Å²) in [5.74, 6) is 0.0442. The maximum atomic E-state index is 12.1. The standard InChI is InChI=1S/C19H17ClN4O2S/c20-13-1-7-16(8-2-13)27-12-10-18(25)22-14-3-5-15(6-4-14)24-11-9-17(23-24)19(21)26/h1-9,11H,10,12H2,(H2,21,26)(H,22,25). The van der Waals surface area contributed by atoms with Crippen molar-refractivity contribution < 1.29 is 9.59 Å². The quantitative estimate of drug-likeness (QED) is 0.591. The number of hydrogen-bond donors (Lipinski definition) is 2. The summed E-state index contributed by atoms with van der Waals surface area (Å²) in [7, 11) is 0. The zero-order valence-corrected chi connectivity index (χ0v) is 15.8. The molecule has 1 heterocycles. The zero-order valence-electron chi connectivity index (χ0n) is 14.3. The van der Waals surface area contributed by atoms with Crippen LogP contribution in [0.4, 0.5) is 5.69 Å². The largest absolute Gasteiger partial charge is 0.364 e. The zero-order chi connectivity index (χ0) is 19.2. The van der Waals surface area contributed by atoms with Gasteiger partial charge in [0.25, 0.3) is 5.91 Å². The van der Waals surface area contributed by atoms with Gasteiger partial charge in [0.15, 0.2) is 0 Å². The fourth-order valence-corrected chi connectivity index (χ4v) is 3.29. The molecule has 0 radical (unpaired) electrons. The van der Waals surface area contributed by atoms with Gasteiger partial charge in [-0.15, -0.1) is 11.8 Å². The van der Waals surface area contributed by atoms with E-state index in [0.29, 0.717) is 22.9 Å². The number of hydrogen-bond acceptors (Lipinski definition) is 4. The Kier molecular flexibility index (Phi) is 6.16. The summed E-state index contributed by atoms with van der Waals surface area (Å²) in [5.41, 5.74) is 6.86. The van der Waals surface area contributed by atoms with E-state index in [1.54, 1.807) is 53.0 Å². The second-order valence-corrected chi connectivity index (χ2v) is 7.26. The molecule has 0 aliphatic rings. The lowest BCUT2D eigenvalue weighted by Gasteiger charge is -2.07. The molecule has 27 heavy (non-hydrogen) atoms. The normalized spacial score (nSPS) is 10.6. The van der Waals surface area contributed by atoms with E-state index in [1.165, 1.54) is 0 Å². The molecule has 0 saturated heterocycles.